The molecule has 1 N–H and O–H groups in total. The van der Waals surface area contributed by atoms with E-state index in [-0.39, 0.29) is 0 Å². The number of amides is 1. The standard InChI is InChI=1S/C12H14BrClN2O2/c13-10-7-9(1-2-11(10)14)8-15-3-5-16(6-4-15)12(17)18/h1-2,7H,3-6,8H2,(H,17,18). The van der Waals surface area contributed by atoms with Crippen LogP contribution in [0.3, 0.4) is 0 Å². The molecule has 0 atom stereocenters. The maximum Gasteiger partial charge on any atom is 0.407 e. The Hall–Kier alpha value is -0.780. The average Bonchev–Trinajstić information content (AvgIpc) is 2.34. The number of benzene rings is 1. The summed E-state index contributed by atoms with van der Waals surface area (Å²) in [7, 11) is 0. The highest BCUT2D eigenvalue weighted by molar-refractivity contribution is 9.10. The minimum absolute atomic E-state index is 0.574. The van der Waals surface area contributed by atoms with E-state index < -0.39 is 6.09 Å². The highest BCUT2D eigenvalue weighted by Crippen LogP contribution is 2.24. The van der Waals surface area contributed by atoms with Gasteiger partial charge in [0.05, 0.1) is 5.02 Å². The fourth-order valence-corrected chi connectivity index (χ4v) is 2.54. The summed E-state index contributed by atoms with van der Waals surface area (Å²) in [5.41, 5.74) is 1.18. The van der Waals surface area contributed by atoms with E-state index in [0.29, 0.717) is 18.1 Å². The maximum absolute atomic E-state index is 10.8. The van der Waals surface area contributed by atoms with Gasteiger partial charge < -0.3 is 10.0 Å². The van der Waals surface area contributed by atoms with Crippen LogP contribution in [0.4, 0.5) is 4.79 Å². The van der Waals surface area contributed by atoms with Crippen molar-refractivity contribution in [1.29, 1.82) is 0 Å². The van der Waals surface area contributed by atoms with Crippen LogP contribution >= 0.6 is 27.5 Å². The molecule has 0 unspecified atom stereocenters. The summed E-state index contributed by atoms with van der Waals surface area (Å²) in [5, 5.41) is 9.57. The fourth-order valence-electron chi connectivity index (χ4n) is 1.99. The van der Waals surface area contributed by atoms with E-state index in [1.54, 1.807) is 0 Å². The lowest BCUT2D eigenvalue weighted by molar-refractivity contribution is 0.103. The zero-order valence-corrected chi connectivity index (χ0v) is 12.1. The zero-order chi connectivity index (χ0) is 13.1. The molecule has 0 bridgehead atoms. The second-order valence-electron chi connectivity index (χ2n) is 4.29. The van der Waals surface area contributed by atoms with Crippen LogP contribution in [0.5, 0.6) is 0 Å². The second kappa shape index (κ2) is 5.91. The van der Waals surface area contributed by atoms with Crippen molar-refractivity contribution in [2.45, 2.75) is 6.54 Å². The van der Waals surface area contributed by atoms with Crippen molar-refractivity contribution in [2.75, 3.05) is 26.2 Å². The van der Waals surface area contributed by atoms with Gasteiger partial charge >= 0.3 is 6.09 Å². The molecule has 1 aliphatic rings. The predicted molar refractivity (Wildman–Crippen MR) is 74.0 cm³/mol. The molecule has 0 aromatic heterocycles. The SMILES string of the molecule is O=C(O)N1CCN(Cc2ccc(Cl)c(Br)c2)CC1. The maximum atomic E-state index is 10.8. The van der Waals surface area contributed by atoms with E-state index >= 15 is 0 Å². The Bertz CT molecular complexity index is 448. The molecule has 1 heterocycles. The largest absolute Gasteiger partial charge is 0.465 e. The van der Waals surface area contributed by atoms with Crippen molar-refractivity contribution >= 4 is 33.6 Å². The van der Waals surface area contributed by atoms with E-state index in [9.17, 15) is 4.79 Å². The highest BCUT2D eigenvalue weighted by atomic mass is 79.9. The Morgan fingerprint density at radius 2 is 2.00 bits per heavy atom. The van der Waals surface area contributed by atoms with Gasteiger partial charge in [-0.25, -0.2) is 4.79 Å². The molecule has 1 fully saturated rings. The van der Waals surface area contributed by atoms with Crippen molar-refractivity contribution in [1.82, 2.24) is 9.80 Å². The van der Waals surface area contributed by atoms with Crippen LogP contribution in [0.1, 0.15) is 5.56 Å². The molecule has 2 rings (SSSR count). The summed E-state index contributed by atoms with van der Waals surface area (Å²) in [6, 6.07) is 5.87. The lowest BCUT2D eigenvalue weighted by atomic mass is 10.2. The normalized spacial score (nSPS) is 16.9. The van der Waals surface area contributed by atoms with Crippen LogP contribution in [0.25, 0.3) is 0 Å². The molecule has 6 heteroatoms. The third-order valence-corrected chi connectivity index (χ3v) is 4.25. The van der Waals surface area contributed by atoms with E-state index in [0.717, 1.165) is 24.1 Å². The molecule has 1 amide bonds. The van der Waals surface area contributed by atoms with Gasteiger partial charge in [-0.1, -0.05) is 17.7 Å². The molecular formula is C12H14BrClN2O2. The number of rotatable bonds is 2. The topological polar surface area (TPSA) is 43.8 Å². The number of carbonyl (C=O) groups is 1. The number of hydrogen-bond donors (Lipinski definition) is 1. The smallest absolute Gasteiger partial charge is 0.407 e. The molecule has 1 aromatic rings. The van der Waals surface area contributed by atoms with Gasteiger partial charge in [0.25, 0.3) is 0 Å². The van der Waals surface area contributed by atoms with E-state index in [1.165, 1.54) is 10.5 Å². The third-order valence-electron chi connectivity index (χ3n) is 3.03. The first-order valence-electron chi connectivity index (χ1n) is 5.70. The summed E-state index contributed by atoms with van der Waals surface area (Å²) in [5.74, 6) is 0. The van der Waals surface area contributed by atoms with Gasteiger partial charge in [0.15, 0.2) is 0 Å². The van der Waals surface area contributed by atoms with Gasteiger partial charge in [-0.15, -0.1) is 0 Å². The van der Waals surface area contributed by atoms with E-state index in [2.05, 4.69) is 20.8 Å². The van der Waals surface area contributed by atoms with Gasteiger partial charge in [0, 0.05) is 37.2 Å². The highest BCUT2D eigenvalue weighted by Gasteiger charge is 2.20. The number of halogens is 2. The zero-order valence-electron chi connectivity index (χ0n) is 9.77. The van der Waals surface area contributed by atoms with Crippen molar-refractivity contribution < 1.29 is 9.90 Å². The van der Waals surface area contributed by atoms with Gasteiger partial charge in [-0.2, -0.15) is 0 Å². The van der Waals surface area contributed by atoms with Gasteiger partial charge in [0.2, 0.25) is 0 Å². The number of piperazine rings is 1. The first kappa shape index (κ1) is 13.6. The Kier molecular flexibility index (Phi) is 4.48. The predicted octanol–water partition coefficient (Wildman–Crippen LogP) is 2.90. The van der Waals surface area contributed by atoms with E-state index in [4.69, 9.17) is 16.7 Å². The second-order valence-corrected chi connectivity index (χ2v) is 5.56. The molecule has 18 heavy (non-hydrogen) atoms. The monoisotopic (exact) mass is 332 g/mol. The van der Waals surface area contributed by atoms with Crippen LogP contribution in [0.15, 0.2) is 22.7 Å². The molecular weight excluding hydrogens is 320 g/mol. The van der Waals surface area contributed by atoms with Crippen molar-refractivity contribution in [3.8, 4) is 0 Å². The molecule has 1 aromatic carbocycles. The van der Waals surface area contributed by atoms with Crippen LogP contribution in [-0.2, 0) is 6.54 Å². The van der Waals surface area contributed by atoms with Crippen LogP contribution < -0.4 is 0 Å². The Balaban J connectivity index is 1.91. The first-order valence-corrected chi connectivity index (χ1v) is 6.87. The van der Waals surface area contributed by atoms with Gasteiger partial charge in [-0.05, 0) is 33.6 Å². The summed E-state index contributed by atoms with van der Waals surface area (Å²) in [4.78, 5) is 14.5. The van der Waals surface area contributed by atoms with Crippen LogP contribution in [-0.4, -0.2) is 47.2 Å². The van der Waals surface area contributed by atoms with E-state index in [1.807, 2.05) is 18.2 Å². The molecule has 0 saturated carbocycles. The van der Waals surface area contributed by atoms with Crippen LogP contribution in [0.2, 0.25) is 5.02 Å². The average molecular weight is 334 g/mol. The number of carboxylic acid groups (broad SMARTS) is 1. The van der Waals surface area contributed by atoms with Crippen molar-refractivity contribution in [3.05, 3.63) is 33.3 Å². The van der Waals surface area contributed by atoms with Gasteiger partial charge in [0.1, 0.15) is 0 Å². The molecule has 0 spiro atoms. The molecule has 1 saturated heterocycles. The van der Waals surface area contributed by atoms with Crippen LogP contribution in [0, 0.1) is 0 Å². The molecule has 1 aliphatic heterocycles. The Morgan fingerprint density at radius 1 is 1.33 bits per heavy atom. The minimum Gasteiger partial charge on any atom is -0.465 e. The third kappa shape index (κ3) is 3.37. The number of hydrogen-bond acceptors (Lipinski definition) is 2. The summed E-state index contributed by atoms with van der Waals surface area (Å²) in [6.07, 6.45) is -0.830. The molecule has 4 nitrogen and oxygen atoms in total. The molecule has 98 valence electrons. The quantitative estimate of drug-likeness (QED) is 0.905. The minimum atomic E-state index is -0.830. The fraction of sp³-hybridized carbons (Fsp3) is 0.417. The lowest BCUT2D eigenvalue weighted by Crippen LogP contribution is -2.47. The molecule has 0 aliphatic carbocycles. The van der Waals surface area contributed by atoms with Gasteiger partial charge in [-0.3, -0.25) is 4.90 Å². The van der Waals surface area contributed by atoms with Crippen molar-refractivity contribution in [3.63, 3.8) is 0 Å². The molecule has 0 radical (unpaired) electrons. The first-order chi connectivity index (χ1) is 8.56. The lowest BCUT2D eigenvalue weighted by Gasteiger charge is -2.33. The number of nitrogens with zero attached hydrogens (tertiary/aromatic N) is 2. The summed E-state index contributed by atoms with van der Waals surface area (Å²) >= 11 is 9.35. The Morgan fingerprint density at radius 3 is 2.56 bits per heavy atom. The summed E-state index contributed by atoms with van der Waals surface area (Å²) in [6.45, 7) is 3.51. The Labute approximate surface area is 119 Å². The van der Waals surface area contributed by atoms with Crippen molar-refractivity contribution in [2.24, 2.45) is 0 Å². The summed E-state index contributed by atoms with van der Waals surface area (Å²) < 4.78 is 0.894.